The van der Waals surface area contributed by atoms with Crippen molar-refractivity contribution in [2.75, 3.05) is 32.4 Å². The minimum absolute atomic E-state index is 0.0714. The van der Waals surface area contributed by atoms with Gasteiger partial charge in [-0.3, -0.25) is 9.69 Å². The number of hydrogen-bond acceptors (Lipinski definition) is 5. The van der Waals surface area contributed by atoms with E-state index in [4.69, 9.17) is 0 Å². The van der Waals surface area contributed by atoms with E-state index in [0.717, 1.165) is 12.3 Å². The number of allylic oxidation sites excluding steroid dienone is 4. The average molecular weight is 643 g/mol. The van der Waals surface area contributed by atoms with E-state index in [1.54, 1.807) is 29.0 Å². The summed E-state index contributed by atoms with van der Waals surface area (Å²) in [4.78, 5) is 17.1. The Kier molecular flexibility index (Phi) is 8.47. The lowest BCUT2D eigenvalue weighted by molar-refractivity contribution is -0.0390. The molecule has 7 nitrogen and oxygen atoms in total. The fraction of sp³-hybridized carbons (Fsp3) is 0.394. The van der Waals surface area contributed by atoms with Gasteiger partial charge in [-0.15, -0.1) is 0 Å². The van der Waals surface area contributed by atoms with Crippen LogP contribution in [-0.2, 0) is 16.4 Å². The first-order valence-electron chi connectivity index (χ1n) is 15.0. The molecule has 2 atom stereocenters. The molecule has 0 radical (unpaired) electrons. The van der Waals surface area contributed by atoms with Gasteiger partial charge in [-0.1, -0.05) is 30.4 Å². The van der Waals surface area contributed by atoms with Gasteiger partial charge in [0.05, 0.1) is 34.6 Å². The number of amides is 1. The van der Waals surface area contributed by atoms with Crippen LogP contribution in [0.15, 0.2) is 77.9 Å². The quantitative estimate of drug-likeness (QED) is 0.306. The Morgan fingerprint density at radius 3 is 2.42 bits per heavy atom. The van der Waals surface area contributed by atoms with Gasteiger partial charge < -0.3 is 4.90 Å². The zero-order valence-corrected chi connectivity index (χ0v) is 25.6. The van der Waals surface area contributed by atoms with E-state index < -0.39 is 45.8 Å². The van der Waals surface area contributed by atoms with Crippen LogP contribution in [0.2, 0.25) is 0 Å². The minimum Gasteiger partial charge on any atom is -0.332 e. The summed E-state index contributed by atoms with van der Waals surface area (Å²) in [5.41, 5.74) is 1.75. The van der Waals surface area contributed by atoms with Crippen molar-refractivity contribution in [3.8, 4) is 5.69 Å². The molecule has 2 aromatic carbocycles. The Morgan fingerprint density at radius 1 is 1.04 bits per heavy atom. The molecule has 0 saturated carbocycles. The standard InChI is InChI=1S/C33H34F4N4O3S/c1-45(43,44)27-12-7-24(30(35)17-27)19-39-15-13-23(14-16-39)31-28(18-38-41(31)26-10-8-25(34)9-11-26)32(42)40-20-29(33(36,37)21-40)22-5-3-2-4-6-22/h2-5,7-12,17-18,22-23,29H,6,13-16,19-21H2,1H3. The third-order valence-corrected chi connectivity index (χ3v) is 10.2. The molecule has 0 spiro atoms. The van der Waals surface area contributed by atoms with Crippen molar-refractivity contribution >= 4 is 15.7 Å². The van der Waals surface area contributed by atoms with E-state index in [9.17, 15) is 22.0 Å². The highest BCUT2D eigenvalue weighted by molar-refractivity contribution is 7.90. The predicted molar refractivity (Wildman–Crippen MR) is 161 cm³/mol. The summed E-state index contributed by atoms with van der Waals surface area (Å²) in [5, 5.41) is 4.48. The second-order valence-corrected chi connectivity index (χ2v) is 14.2. The van der Waals surface area contributed by atoms with Crippen LogP contribution in [0.25, 0.3) is 5.69 Å². The van der Waals surface area contributed by atoms with Crippen LogP contribution < -0.4 is 0 Å². The molecule has 1 aliphatic carbocycles. The number of likely N-dealkylation sites (tertiary alicyclic amines) is 2. The second-order valence-electron chi connectivity index (χ2n) is 12.2. The molecule has 6 rings (SSSR count). The monoisotopic (exact) mass is 642 g/mol. The first-order chi connectivity index (χ1) is 21.4. The van der Waals surface area contributed by atoms with Crippen LogP contribution in [0.4, 0.5) is 17.6 Å². The molecular formula is C33H34F4N4O3S. The normalized spacial score (nSPS) is 22.3. The first-order valence-corrected chi connectivity index (χ1v) is 16.8. The molecule has 3 aliphatic rings. The largest absolute Gasteiger partial charge is 0.332 e. The number of hydrogen-bond donors (Lipinski definition) is 0. The third-order valence-electron chi connectivity index (χ3n) is 9.11. The number of rotatable bonds is 7. The Labute approximate surface area is 259 Å². The van der Waals surface area contributed by atoms with Crippen molar-refractivity contribution in [2.45, 2.75) is 42.5 Å². The lowest BCUT2D eigenvalue weighted by Crippen LogP contribution is -2.35. The molecule has 3 aromatic rings. The van der Waals surface area contributed by atoms with Crippen LogP contribution >= 0.6 is 0 Å². The molecule has 2 saturated heterocycles. The van der Waals surface area contributed by atoms with Crippen LogP contribution in [0.5, 0.6) is 0 Å². The molecule has 0 bridgehead atoms. The highest BCUT2D eigenvalue weighted by Gasteiger charge is 2.52. The average Bonchev–Trinajstić information content (AvgIpc) is 3.59. The smallest absolute Gasteiger partial charge is 0.270 e. The molecule has 3 heterocycles. The number of halogens is 4. The Bertz CT molecular complexity index is 1750. The fourth-order valence-electron chi connectivity index (χ4n) is 6.67. The van der Waals surface area contributed by atoms with Crippen LogP contribution in [0.1, 0.15) is 46.8 Å². The third kappa shape index (κ3) is 6.48. The number of carbonyl (C=O) groups excluding carboxylic acids is 1. The van der Waals surface area contributed by atoms with E-state index >= 15 is 8.78 Å². The fourth-order valence-corrected chi connectivity index (χ4v) is 7.31. The van der Waals surface area contributed by atoms with Gasteiger partial charge in [-0.25, -0.2) is 30.7 Å². The summed E-state index contributed by atoms with van der Waals surface area (Å²) >= 11 is 0. The van der Waals surface area contributed by atoms with Crippen molar-refractivity contribution < 1.29 is 30.8 Å². The van der Waals surface area contributed by atoms with Gasteiger partial charge in [0.1, 0.15) is 11.6 Å². The molecule has 1 aromatic heterocycles. The van der Waals surface area contributed by atoms with E-state index in [1.807, 2.05) is 17.1 Å². The summed E-state index contributed by atoms with van der Waals surface area (Å²) in [7, 11) is -3.53. The maximum absolute atomic E-state index is 15.2. The maximum atomic E-state index is 15.2. The zero-order chi connectivity index (χ0) is 31.9. The van der Waals surface area contributed by atoms with Gasteiger partial charge in [0, 0.05) is 36.7 Å². The van der Waals surface area contributed by atoms with Crippen molar-refractivity contribution in [1.29, 1.82) is 0 Å². The Morgan fingerprint density at radius 2 is 1.78 bits per heavy atom. The maximum Gasteiger partial charge on any atom is 0.270 e. The lowest BCUT2D eigenvalue weighted by atomic mass is 9.84. The number of carbonyl (C=O) groups is 1. The van der Waals surface area contributed by atoms with E-state index in [2.05, 4.69) is 5.10 Å². The summed E-state index contributed by atoms with van der Waals surface area (Å²) in [6.45, 7) is 0.629. The number of nitrogens with zero attached hydrogens (tertiary/aromatic N) is 4. The van der Waals surface area contributed by atoms with Gasteiger partial charge in [-0.2, -0.15) is 5.10 Å². The highest BCUT2D eigenvalue weighted by Crippen LogP contribution is 2.42. The number of alkyl halides is 2. The zero-order valence-electron chi connectivity index (χ0n) is 24.8. The van der Waals surface area contributed by atoms with Gasteiger partial charge in [0.2, 0.25) is 0 Å². The number of sulfone groups is 1. The van der Waals surface area contributed by atoms with Crippen molar-refractivity contribution in [2.24, 2.45) is 11.8 Å². The SMILES string of the molecule is CS(=O)(=O)c1ccc(CN2CCC(c3c(C(=O)N4CC(C5C=CC=CC5)C(F)(F)C4)cnn3-c3ccc(F)cc3)CC2)c(F)c1. The topological polar surface area (TPSA) is 75.5 Å². The lowest BCUT2D eigenvalue weighted by Gasteiger charge is -2.33. The van der Waals surface area contributed by atoms with Gasteiger partial charge in [-0.05, 0) is 74.7 Å². The van der Waals surface area contributed by atoms with Gasteiger partial charge in [0.25, 0.3) is 11.8 Å². The van der Waals surface area contributed by atoms with Crippen LogP contribution in [0, 0.1) is 23.5 Å². The van der Waals surface area contributed by atoms with E-state index in [1.165, 1.54) is 35.4 Å². The molecule has 2 aliphatic heterocycles. The molecule has 2 fully saturated rings. The Balaban J connectivity index is 1.23. The van der Waals surface area contributed by atoms with E-state index in [0.29, 0.717) is 49.3 Å². The van der Waals surface area contributed by atoms with Crippen molar-refractivity contribution in [3.63, 3.8) is 0 Å². The summed E-state index contributed by atoms with van der Waals surface area (Å²) in [6.07, 6.45) is 11.3. The second kappa shape index (κ2) is 12.2. The predicted octanol–water partition coefficient (Wildman–Crippen LogP) is 5.77. The molecule has 238 valence electrons. The van der Waals surface area contributed by atoms with Crippen LogP contribution in [0.3, 0.4) is 0 Å². The Hall–Kier alpha value is -3.77. The highest BCUT2D eigenvalue weighted by atomic mass is 32.2. The molecule has 2 unspecified atom stereocenters. The van der Waals surface area contributed by atoms with Crippen LogP contribution in [-0.4, -0.2) is 72.3 Å². The minimum atomic E-state index is -3.53. The molecular weight excluding hydrogens is 608 g/mol. The molecule has 45 heavy (non-hydrogen) atoms. The summed E-state index contributed by atoms with van der Waals surface area (Å²) in [6, 6.07) is 9.62. The van der Waals surface area contributed by atoms with E-state index in [-0.39, 0.29) is 35.4 Å². The molecule has 12 heteroatoms. The molecule has 1 amide bonds. The van der Waals surface area contributed by atoms with Crippen molar-refractivity contribution in [1.82, 2.24) is 19.6 Å². The molecule has 0 N–H and O–H groups in total. The number of aromatic nitrogens is 2. The first kappa shape index (κ1) is 31.2. The van der Waals surface area contributed by atoms with Gasteiger partial charge in [0.15, 0.2) is 9.84 Å². The number of piperidine rings is 1. The number of benzene rings is 2. The summed E-state index contributed by atoms with van der Waals surface area (Å²) < 4.78 is 84.2. The van der Waals surface area contributed by atoms with Crippen molar-refractivity contribution in [3.05, 3.63) is 101 Å². The summed E-state index contributed by atoms with van der Waals surface area (Å²) in [5.74, 6) is -6.09. The van der Waals surface area contributed by atoms with Gasteiger partial charge >= 0.3 is 0 Å².